The van der Waals surface area contributed by atoms with Crippen LogP contribution in [0.2, 0.25) is 0 Å². The van der Waals surface area contributed by atoms with Gasteiger partial charge in [0.1, 0.15) is 6.04 Å². The van der Waals surface area contributed by atoms with Crippen molar-refractivity contribution >= 4 is 5.91 Å². The summed E-state index contributed by atoms with van der Waals surface area (Å²) < 4.78 is 5.78. The molecule has 0 aliphatic carbocycles. The molecule has 6 nitrogen and oxygen atoms in total. The third-order valence-electron chi connectivity index (χ3n) is 3.44. The minimum atomic E-state index is -0.269. The highest BCUT2D eigenvalue weighted by atomic mass is 16.4. The first-order valence-electron chi connectivity index (χ1n) is 7.48. The standard InChI is InChI=1S/C16H22N4O2/c1-11-7-3-4-8-13(11)15-19-20-16(22-15)14(18-12(2)21)9-5-6-10-17/h3-4,7-8,14H,5-6,9-10,17H2,1-2H3,(H,18,21)/t14-/m0/s1. The topological polar surface area (TPSA) is 94.0 Å². The Morgan fingerprint density at radius 1 is 1.32 bits per heavy atom. The Hall–Kier alpha value is -2.21. The molecule has 0 aliphatic heterocycles. The second kappa shape index (κ2) is 7.70. The van der Waals surface area contributed by atoms with Crippen molar-refractivity contribution in [1.29, 1.82) is 0 Å². The number of aromatic nitrogens is 2. The van der Waals surface area contributed by atoms with E-state index in [0.29, 0.717) is 18.3 Å². The molecule has 0 unspecified atom stereocenters. The summed E-state index contributed by atoms with van der Waals surface area (Å²) in [6, 6.07) is 7.55. The van der Waals surface area contributed by atoms with Crippen LogP contribution >= 0.6 is 0 Å². The van der Waals surface area contributed by atoms with Gasteiger partial charge in [0.2, 0.25) is 17.7 Å². The van der Waals surface area contributed by atoms with Crippen molar-refractivity contribution in [1.82, 2.24) is 15.5 Å². The van der Waals surface area contributed by atoms with Gasteiger partial charge in [-0.15, -0.1) is 10.2 Å². The Bertz CT molecular complexity index is 624. The number of nitrogens with two attached hydrogens (primary N) is 1. The van der Waals surface area contributed by atoms with Gasteiger partial charge in [-0.05, 0) is 44.4 Å². The Labute approximate surface area is 130 Å². The van der Waals surface area contributed by atoms with Gasteiger partial charge in [-0.3, -0.25) is 4.79 Å². The van der Waals surface area contributed by atoms with Gasteiger partial charge >= 0.3 is 0 Å². The lowest BCUT2D eigenvalue weighted by atomic mass is 10.1. The number of carbonyl (C=O) groups is 1. The lowest BCUT2D eigenvalue weighted by Crippen LogP contribution is -2.26. The van der Waals surface area contributed by atoms with E-state index in [-0.39, 0.29) is 11.9 Å². The van der Waals surface area contributed by atoms with Crippen molar-refractivity contribution in [3.05, 3.63) is 35.7 Å². The molecule has 0 aliphatic rings. The Balaban J connectivity index is 2.18. The van der Waals surface area contributed by atoms with Crippen molar-refractivity contribution in [2.45, 2.75) is 39.2 Å². The Morgan fingerprint density at radius 3 is 2.77 bits per heavy atom. The average Bonchev–Trinajstić information content (AvgIpc) is 2.96. The number of benzene rings is 1. The molecule has 0 radical (unpaired) electrons. The van der Waals surface area contributed by atoms with Crippen LogP contribution in [0.1, 0.15) is 43.7 Å². The highest BCUT2D eigenvalue weighted by Gasteiger charge is 2.20. The molecule has 1 atom stereocenters. The number of nitrogens with one attached hydrogen (secondary N) is 1. The second-order valence-corrected chi connectivity index (χ2v) is 5.30. The molecule has 22 heavy (non-hydrogen) atoms. The van der Waals surface area contributed by atoms with Crippen molar-refractivity contribution in [3.8, 4) is 11.5 Å². The molecule has 0 spiro atoms. The number of unbranched alkanes of at least 4 members (excludes halogenated alkanes) is 1. The van der Waals surface area contributed by atoms with Crippen molar-refractivity contribution in [2.24, 2.45) is 5.73 Å². The summed E-state index contributed by atoms with van der Waals surface area (Å²) in [6.45, 7) is 4.10. The molecule has 118 valence electrons. The third kappa shape index (κ3) is 4.14. The zero-order chi connectivity index (χ0) is 15.9. The summed E-state index contributed by atoms with van der Waals surface area (Å²) in [5.74, 6) is 0.793. The summed E-state index contributed by atoms with van der Waals surface area (Å²) in [4.78, 5) is 11.4. The largest absolute Gasteiger partial charge is 0.418 e. The molecule has 3 N–H and O–H groups in total. The predicted molar refractivity (Wildman–Crippen MR) is 83.9 cm³/mol. The van der Waals surface area contributed by atoms with Crippen LogP contribution < -0.4 is 11.1 Å². The van der Waals surface area contributed by atoms with Gasteiger partial charge in [0, 0.05) is 12.5 Å². The highest BCUT2D eigenvalue weighted by molar-refractivity contribution is 5.73. The smallest absolute Gasteiger partial charge is 0.248 e. The molecule has 1 aromatic carbocycles. The predicted octanol–water partition coefficient (Wildman–Crippen LogP) is 2.35. The Morgan fingerprint density at radius 2 is 2.09 bits per heavy atom. The van der Waals surface area contributed by atoms with Crippen LogP contribution in [0.4, 0.5) is 0 Å². The average molecular weight is 302 g/mol. The molecule has 2 aromatic rings. The maximum atomic E-state index is 11.4. The normalized spacial score (nSPS) is 12.1. The van der Waals surface area contributed by atoms with Crippen LogP contribution in [0, 0.1) is 6.92 Å². The molecule has 1 amide bonds. The zero-order valence-electron chi connectivity index (χ0n) is 13.0. The summed E-state index contributed by atoms with van der Waals surface area (Å²) >= 11 is 0. The monoisotopic (exact) mass is 302 g/mol. The number of amides is 1. The van der Waals surface area contributed by atoms with Crippen LogP contribution in [0.3, 0.4) is 0 Å². The summed E-state index contributed by atoms with van der Waals surface area (Å²) in [6.07, 6.45) is 2.52. The summed E-state index contributed by atoms with van der Waals surface area (Å²) in [5.41, 5.74) is 7.49. The molecular weight excluding hydrogens is 280 g/mol. The van der Waals surface area contributed by atoms with E-state index in [9.17, 15) is 4.79 Å². The van der Waals surface area contributed by atoms with Gasteiger partial charge in [0.05, 0.1) is 0 Å². The van der Waals surface area contributed by atoms with E-state index in [4.69, 9.17) is 10.2 Å². The first-order valence-corrected chi connectivity index (χ1v) is 7.48. The van der Waals surface area contributed by atoms with Gasteiger partial charge in [0.15, 0.2) is 0 Å². The second-order valence-electron chi connectivity index (χ2n) is 5.30. The first kappa shape index (κ1) is 16.2. The molecule has 0 saturated heterocycles. The minimum absolute atomic E-state index is 0.117. The number of aryl methyl sites for hydroxylation is 1. The number of hydrogen-bond donors (Lipinski definition) is 2. The van der Waals surface area contributed by atoms with Gasteiger partial charge < -0.3 is 15.5 Å². The molecule has 0 fully saturated rings. The van der Waals surface area contributed by atoms with E-state index < -0.39 is 0 Å². The van der Waals surface area contributed by atoms with Gasteiger partial charge in [0.25, 0.3) is 0 Å². The maximum Gasteiger partial charge on any atom is 0.248 e. The SMILES string of the molecule is CC(=O)N[C@@H](CCCCN)c1nnc(-c2ccccc2C)o1. The first-order chi connectivity index (χ1) is 10.6. The molecular formula is C16H22N4O2. The van der Waals surface area contributed by atoms with E-state index in [1.807, 2.05) is 31.2 Å². The van der Waals surface area contributed by atoms with Gasteiger partial charge in [-0.1, -0.05) is 18.2 Å². The van der Waals surface area contributed by atoms with Gasteiger partial charge in [-0.2, -0.15) is 0 Å². The minimum Gasteiger partial charge on any atom is -0.418 e. The number of nitrogens with zero attached hydrogens (tertiary/aromatic N) is 2. The number of rotatable bonds is 7. The van der Waals surface area contributed by atoms with E-state index in [1.165, 1.54) is 6.92 Å². The number of hydrogen-bond acceptors (Lipinski definition) is 5. The van der Waals surface area contributed by atoms with E-state index in [0.717, 1.165) is 30.4 Å². The lowest BCUT2D eigenvalue weighted by molar-refractivity contribution is -0.119. The number of carbonyl (C=O) groups excluding carboxylic acids is 1. The summed E-state index contributed by atoms with van der Waals surface area (Å²) in [7, 11) is 0. The van der Waals surface area contributed by atoms with Crippen molar-refractivity contribution < 1.29 is 9.21 Å². The molecule has 1 aromatic heterocycles. The molecule has 0 bridgehead atoms. The van der Waals surface area contributed by atoms with Gasteiger partial charge in [-0.25, -0.2) is 0 Å². The van der Waals surface area contributed by atoms with Crippen LogP contribution in [-0.4, -0.2) is 22.6 Å². The van der Waals surface area contributed by atoms with Crippen LogP contribution in [-0.2, 0) is 4.79 Å². The lowest BCUT2D eigenvalue weighted by Gasteiger charge is -2.13. The van der Waals surface area contributed by atoms with E-state index in [2.05, 4.69) is 15.5 Å². The van der Waals surface area contributed by atoms with Crippen LogP contribution in [0.5, 0.6) is 0 Å². The van der Waals surface area contributed by atoms with Crippen LogP contribution in [0.25, 0.3) is 11.5 Å². The van der Waals surface area contributed by atoms with Crippen molar-refractivity contribution in [3.63, 3.8) is 0 Å². The zero-order valence-corrected chi connectivity index (χ0v) is 13.0. The molecule has 0 saturated carbocycles. The fourth-order valence-corrected chi connectivity index (χ4v) is 2.29. The van der Waals surface area contributed by atoms with E-state index in [1.54, 1.807) is 0 Å². The molecule has 6 heteroatoms. The fourth-order valence-electron chi connectivity index (χ4n) is 2.29. The Kier molecular flexibility index (Phi) is 5.66. The quantitative estimate of drug-likeness (QED) is 0.766. The fraction of sp³-hybridized carbons (Fsp3) is 0.438. The molecule has 2 rings (SSSR count). The maximum absolute atomic E-state index is 11.4. The van der Waals surface area contributed by atoms with Crippen LogP contribution in [0.15, 0.2) is 28.7 Å². The van der Waals surface area contributed by atoms with Crippen molar-refractivity contribution in [2.75, 3.05) is 6.54 Å². The van der Waals surface area contributed by atoms with E-state index >= 15 is 0 Å². The molecule has 1 heterocycles. The highest BCUT2D eigenvalue weighted by Crippen LogP contribution is 2.25. The summed E-state index contributed by atoms with van der Waals surface area (Å²) in [5, 5.41) is 11.1. The third-order valence-corrected chi connectivity index (χ3v) is 3.44.